The van der Waals surface area contributed by atoms with Crippen LogP contribution in [0.5, 0.6) is 5.75 Å². The van der Waals surface area contributed by atoms with Gasteiger partial charge in [0.2, 0.25) is 0 Å². The molecule has 1 amide bonds. The Morgan fingerprint density at radius 2 is 1.70 bits per heavy atom. The van der Waals surface area contributed by atoms with Crippen LogP contribution >= 0.6 is 0 Å². The summed E-state index contributed by atoms with van der Waals surface area (Å²) in [5, 5.41) is 22.0. The van der Waals surface area contributed by atoms with Crippen molar-refractivity contribution in [3.63, 3.8) is 0 Å². The Kier molecular flexibility index (Phi) is 6.03. The average molecular weight is 395 g/mol. The van der Waals surface area contributed by atoms with Gasteiger partial charge in [0, 0.05) is 18.2 Å². The third-order valence-corrected chi connectivity index (χ3v) is 4.77. The quantitative estimate of drug-likeness (QED) is 0.532. The van der Waals surface area contributed by atoms with E-state index in [1.54, 1.807) is 0 Å². The van der Waals surface area contributed by atoms with Gasteiger partial charge in [-0.25, -0.2) is 9.00 Å². The lowest BCUT2D eigenvalue weighted by Crippen LogP contribution is -2.15. The molecule has 0 N–H and O–H groups in total. The second kappa shape index (κ2) is 8.23. The van der Waals surface area contributed by atoms with E-state index in [0.29, 0.717) is 0 Å². The maximum atomic E-state index is 13.3. The van der Waals surface area contributed by atoms with Crippen LogP contribution in [-0.4, -0.2) is 26.8 Å². The van der Waals surface area contributed by atoms with E-state index in [4.69, 9.17) is 4.18 Å². The molecular weight excluding hydrogens is 382 g/mol. The first-order chi connectivity index (χ1) is 12.8. The molecule has 142 valence electrons. The summed E-state index contributed by atoms with van der Waals surface area (Å²) in [4.78, 5) is 31.8. The molecule has 2 aromatic carbocycles. The minimum absolute atomic E-state index is 0.0632. The highest BCUT2D eigenvalue weighted by molar-refractivity contribution is 7.89. The van der Waals surface area contributed by atoms with Gasteiger partial charge in [-0.15, -0.1) is 0 Å². The third kappa shape index (κ3) is 4.76. The molecule has 0 spiro atoms. The normalized spacial score (nSPS) is 12.5. The first-order valence-corrected chi connectivity index (χ1v) is 8.82. The number of hydrogen-bond donors (Lipinski definition) is 0. The van der Waals surface area contributed by atoms with E-state index in [1.165, 1.54) is 19.1 Å². The van der Waals surface area contributed by atoms with Crippen LogP contribution in [0.2, 0.25) is 0 Å². The first-order valence-electron chi connectivity index (χ1n) is 7.38. The lowest BCUT2D eigenvalue weighted by Gasteiger charge is -2.12. The lowest BCUT2D eigenvalue weighted by molar-refractivity contribution is -0.387. The Morgan fingerprint density at radius 1 is 1.07 bits per heavy atom. The van der Waals surface area contributed by atoms with Gasteiger partial charge in [-0.3, -0.25) is 20.2 Å². The zero-order chi connectivity index (χ0) is 20.0. The maximum absolute atomic E-state index is 13.3. The number of para-hydroxylation sites is 1. The second-order valence-corrected chi connectivity index (χ2v) is 6.56. The number of non-ortho nitro benzene ring substituents is 1. The van der Waals surface area contributed by atoms with E-state index in [9.17, 15) is 29.2 Å². The third-order valence-electron chi connectivity index (χ3n) is 3.06. The molecule has 1 atom stereocenters. The van der Waals surface area contributed by atoms with E-state index in [-0.39, 0.29) is 18.0 Å². The van der Waals surface area contributed by atoms with Crippen molar-refractivity contribution >= 4 is 27.5 Å². The summed E-state index contributed by atoms with van der Waals surface area (Å²) in [6.45, 7) is 1.43. The Hall–Kier alpha value is -3.54. The van der Waals surface area contributed by atoms with E-state index >= 15 is 0 Å². The number of carbonyl (C=O) groups excluding carboxylic acids is 1. The summed E-state index contributed by atoms with van der Waals surface area (Å²) in [6.07, 6.45) is -1.23. The summed E-state index contributed by atoms with van der Waals surface area (Å²) >= 11 is 0. The predicted molar refractivity (Wildman–Crippen MR) is 92.7 cm³/mol. The van der Waals surface area contributed by atoms with E-state index in [0.717, 1.165) is 36.4 Å². The number of nitro benzene ring substituents is 2. The van der Waals surface area contributed by atoms with Crippen LogP contribution in [0.1, 0.15) is 6.92 Å². The molecule has 0 aliphatic carbocycles. The molecule has 0 bridgehead atoms. The van der Waals surface area contributed by atoms with Crippen molar-refractivity contribution in [1.29, 1.82) is 0 Å². The molecule has 12 heteroatoms. The van der Waals surface area contributed by atoms with E-state index < -0.39 is 36.5 Å². The van der Waals surface area contributed by atoms with E-state index in [2.05, 4.69) is 9.10 Å². The number of rotatable bonds is 6. The number of hydrogen-bond acceptors (Lipinski definition) is 8. The molecule has 27 heavy (non-hydrogen) atoms. The fourth-order valence-corrected chi connectivity index (χ4v) is 3.44. The SMILES string of the molecule is CCOC(=O)N=[S@](=O)(Oc1ccc([N+](=O)[O-])cc1)c1ccccc1[N+](=O)[O-]. The summed E-state index contributed by atoms with van der Waals surface area (Å²) < 4.78 is 26.5. The van der Waals surface area contributed by atoms with Gasteiger partial charge in [0.1, 0.15) is 5.75 Å². The molecule has 0 aromatic heterocycles. The molecule has 0 heterocycles. The van der Waals surface area contributed by atoms with Crippen LogP contribution in [0.15, 0.2) is 57.8 Å². The van der Waals surface area contributed by atoms with Crippen molar-refractivity contribution in [3.8, 4) is 5.75 Å². The number of amides is 1. The van der Waals surface area contributed by atoms with Crippen LogP contribution in [0, 0.1) is 20.2 Å². The van der Waals surface area contributed by atoms with E-state index in [1.807, 2.05) is 0 Å². The Balaban J connectivity index is 2.58. The average Bonchev–Trinajstić information content (AvgIpc) is 2.62. The Bertz CT molecular complexity index is 996. The molecule has 0 aliphatic rings. The second-order valence-electron chi connectivity index (χ2n) is 4.82. The van der Waals surface area contributed by atoms with Gasteiger partial charge < -0.3 is 8.92 Å². The van der Waals surface area contributed by atoms with Gasteiger partial charge >= 0.3 is 6.09 Å². The molecule has 0 radical (unpaired) electrons. The van der Waals surface area contributed by atoms with Crippen molar-refractivity contribution in [1.82, 2.24) is 0 Å². The standard InChI is InChI=1S/C15H13N3O8S/c1-2-25-15(19)16-27(24,14-6-4-3-5-13(14)18(22)23)26-12-9-7-11(8-10-12)17(20)21/h3-10H,2H2,1H3/t27-/m1/s1. The van der Waals surface area contributed by atoms with Gasteiger partial charge in [-0.1, -0.05) is 16.5 Å². The van der Waals surface area contributed by atoms with Crippen LogP contribution in [-0.2, 0) is 14.7 Å². The van der Waals surface area contributed by atoms with Gasteiger partial charge in [0.15, 0.2) is 4.90 Å². The highest BCUT2D eigenvalue weighted by Crippen LogP contribution is 2.29. The van der Waals surface area contributed by atoms with Gasteiger partial charge in [0.25, 0.3) is 21.4 Å². The number of ether oxygens (including phenoxy) is 1. The number of nitro groups is 2. The molecule has 0 unspecified atom stereocenters. The molecule has 0 aliphatic heterocycles. The lowest BCUT2D eigenvalue weighted by atomic mass is 10.3. The summed E-state index contributed by atoms with van der Waals surface area (Å²) in [7, 11) is -4.11. The van der Waals surface area contributed by atoms with Gasteiger partial charge in [-0.2, -0.15) is 0 Å². The predicted octanol–water partition coefficient (Wildman–Crippen LogP) is 3.48. The molecule has 2 aromatic rings. The zero-order valence-corrected chi connectivity index (χ0v) is 14.7. The maximum Gasteiger partial charge on any atom is 0.444 e. The minimum atomic E-state index is -4.11. The number of nitrogens with zero attached hydrogens (tertiary/aromatic N) is 3. The molecule has 0 saturated carbocycles. The summed E-state index contributed by atoms with van der Waals surface area (Å²) in [5.74, 6) is -0.142. The highest BCUT2D eigenvalue weighted by atomic mass is 32.2. The minimum Gasteiger partial charge on any atom is -0.448 e. The molecule has 0 fully saturated rings. The molecule has 2 rings (SSSR count). The largest absolute Gasteiger partial charge is 0.448 e. The molecule has 11 nitrogen and oxygen atoms in total. The van der Waals surface area contributed by atoms with Crippen molar-refractivity contribution in [3.05, 3.63) is 68.8 Å². The number of carbonyl (C=O) groups is 1. The van der Waals surface area contributed by atoms with Crippen molar-refractivity contribution in [2.75, 3.05) is 6.61 Å². The van der Waals surface area contributed by atoms with Crippen LogP contribution in [0.25, 0.3) is 0 Å². The zero-order valence-electron chi connectivity index (χ0n) is 13.8. The van der Waals surface area contributed by atoms with Gasteiger partial charge in [-0.05, 0) is 25.1 Å². The first kappa shape index (κ1) is 19.8. The molecule has 0 saturated heterocycles. The monoisotopic (exact) mass is 395 g/mol. The smallest absolute Gasteiger partial charge is 0.444 e. The van der Waals surface area contributed by atoms with Crippen LogP contribution in [0.3, 0.4) is 0 Å². The summed E-state index contributed by atoms with van der Waals surface area (Å²) in [6, 6.07) is 9.35. The summed E-state index contributed by atoms with van der Waals surface area (Å²) in [5.41, 5.74) is -0.820. The topological polar surface area (TPSA) is 151 Å². The fourth-order valence-electron chi connectivity index (χ4n) is 1.94. The van der Waals surface area contributed by atoms with Crippen LogP contribution < -0.4 is 4.18 Å². The fraction of sp³-hybridized carbons (Fsp3) is 0.133. The number of benzene rings is 2. The Labute approximate surface area is 153 Å². The van der Waals surface area contributed by atoms with Crippen molar-refractivity contribution in [2.24, 2.45) is 4.36 Å². The van der Waals surface area contributed by atoms with Crippen LogP contribution in [0.4, 0.5) is 16.2 Å². The van der Waals surface area contributed by atoms with Crippen molar-refractivity contribution < 1.29 is 27.8 Å². The Morgan fingerprint density at radius 3 is 2.26 bits per heavy atom. The van der Waals surface area contributed by atoms with Crippen molar-refractivity contribution in [2.45, 2.75) is 11.8 Å². The highest BCUT2D eigenvalue weighted by Gasteiger charge is 2.27. The van der Waals surface area contributed by atoms with Gasteiger partial charge in [0.05, 0.1) is 16.5 Å². The molecular formula is C15H13N3O8S.